The van der Waals surface area contributed by atoms with Gasteiger partial charge < -0.3 is 5.73 Å². The summed E-state index contributed by atoms with van der Waals surface area (Å²) in [4.78, 5) is 2.14. The fraction of sp³-hybridized carbons (Fsp3) is 0.462. The summed E-state index contributed by atoms with van der Waals surface area (Å²) in [6, 6.07) is 10.5. The van der Waals surface area contributed by atoms with E-state index < -0.39 is 0 Å². The van der Waals surface area contributed by atoms with Crippen molar-refractivity contribution < 1.29 is 0 Å². The maximum absolute atomic E-state index is 8.63. The number of benzene rings is 1. The highest BCUT2D eigenvalue weighted by atomic mass is 79.9. The van der Waals surface area contributed by atoms with Gasteiger partial charge in [0.05, 0.1) is 6.07 Å². The highest BCUT2D eigenvalue weighted by Gasteiger charge is 2.20. The molecule has 3 nitrogen and oxygen atoms in total. The lowest BCUT2D eigenvalue weighted by Gasteiger charge is -2.31. The summed E-state index contributed by atoms with van der Waals surface area (Å²) in [5, 5.41) is 8.63. The maximum atomic E-state index is 8.63. The minimum Gasteiger partial charge on any atom is -0.326 e. The van der Waals surface area contributed by atoms with Crippen molar-refractivity contribution in [1.82, 2.24) is 4.90 Å². The highest BCUT2D eigenvalue weighted by molar-refractivity contribution is 9.10. The van der Waals surface area contributed by atoms with E-state index in [-0.39, 0.29) is 12.1 Å². The van der Waals surface area contributed by atoms with Gasteiger partial charge in [0, 0.05) is 29.5 Å². The Bertz CT molecular complexity index is 381. The van der Waals surface area contributed by atoms with Crippen LogP contribution in [-0.4, -0.2) is 24.5 Å². The van der Waals surface area contributed by atoms with Crippen molar-refractivity contribution in [2.45, 2.75) is 25.4 Å². The smallest absolute Gasteiger partial charge is 0.0635 e. The fourth-order valence-corrected chi connectivity index (χ4v) is 2.25. The van der Waals surface area contributed by atoms with Crippen LogP contribution in [0.3, 0.4) is 0 Å². The number of likely N-dealkylation sites (N-methyl/N-ethyl adjacent to an activating group) is 1. The number of nitrogens with zero attached hydrogens (tertiary/aromatic N) is 2. The van der Waals surface area contributed by atoms with Crippen molar-refractivity contribution in [1.29, 1.82) is 5.26 Å². The quantitative estimate of drug-likeness (QED) is 0.909. The zero-order valence-corrected chi connectivity index (χ0v) is 11.8. The number of hydrogen-bond donors (Lipinski definition) is 1. The van der Waals surface area contributed by atoms with E-state index in [2.05, 4.69) is 39.0 Å². The normalized spacial score (nSPS) is 14.4. The topological polar surface area (TPSA) is 53.0 Å². The van der Waals surface area contributed by atoms with Crippen LogP contribution in [0.2, 0.25) is 0 Å². The zero-order valence-electron chi connectivity index (χ0n) is 10.2. The molecule has 0 heterocycles. The van der Waals surface area contributed by atoms with Crippen molar-refractivity contribution in [3.05, 3.63) is 34.3 Å². The highest BCUT2D eigenvalue weighted by Crippen LogP contribution is 2.24. The molecule has 0 saturated carbocycles. The van der Waals surface area contributed by atoms with Crippen molar-refractivity contribution in [2.75, 3.05) is 13.6 Å². The number of hydrogen-bond acceptors (Lipinski definition) is 3. The summed E-state index contributed by atoms with van der Waals surface area (Å²) in [5.74, 6) is 0. The molecule has 0 aliphatic heterocycles. The van der Waals surface area contributed by atoms with Crippen LogP contribution in [0.1, 0.15) is 24.9 Å². The van der Waals surface area contributed by atoms with Crippen LogP contribution in [-0.2, 0) is 0 Å². The molecule has 2 N–H and O–H groups in total. The average Bonchev–Trinajstić information content (AvgIpc) is 2.29. The Morgan fingerprint density at radius 1 is 1.41 bits per heavy atom. The summed E-state index contributed by atoms with van der Waals surface area (Å²) in [5.41, 5.74) is 7.23. The van der Waals surface area contributed by atoms with Gasteiger partial charge in [0.15, 0.2) is 0 Å². The summed E-state index contributed by atoms with van der Waals surface area (Å²) >= 11 is 3.42. The van der Waals surface area contributed by atoms with Gasteiger partial charge >= 0.3 is 0 Å². The molecule has 0 saturated heterocycles. The molecule has 17 heavy (non-hydrogen) atoms. The van der Waals surface area contributed by atoms with Gasteiger partial charge in [-0.25, -0.2) is 0 Å². The van der Waals surface area contributed by atoms with Gasteiger partial charge in [-0.2, -0.15) is 5.26 Å². The number of halogens is 1. The molecule has 0 radical (unpaired) electrons. The number of nitriles is 1. The first-order valence-electron chi connectivity index (χ1n) is 5.64. The summed E-state index contributed by atoms with van der Waals surface area (Å²) in [7, 11) is 2.01. The predicted octanol–water partition coefficient (Wildman–Crippen LogP) is 2.68. The van der Waals surface area contributed by atoms with E-state index in [1.807, 2.05) is 26.1 Å². The lowest BCUT2D eigenvalue weighted by atomic mass is 9.99. The van der Waals surface area contributed by atoms with E-state index in [1.54, 1.807) is 0 Å². The Labute approximate surface area is 111 Å². The Kier molecular flexibility index (Phi) is 5.63. The molecule has 92 valence electrons. The molecule has 0 aliphatic rings. The van der Waals surface area contributed by atoms with Crippen molar-refractivity contribution >= 4 is 15.9 Å². The van der Waals surface area contributed by atoms with Crippen molar-refractivity contribution in [3.63, 3.8) is 0 Å². The standard InChI is InChI=1S/C13H18BrN3/c1-10(16)13(17(2)9-3-8-15)11-4-6-12(14)7-5-11/h4-7,10,13H,3,9,16H2,1-2H3. The SMILES string of the molecule is CC(N)C(c1ccc(Br)cc1)N(C)CCC#N. The largest absolute Gasteiger partial charge is 0.326 e. The van der Waals surface area contributed by atoms with Gasteiger partial charge in [0.1, 0.15) is 0 Å². The zero-order chi connectivity index (χ0) is 12.8. The second-order valence-electron chi connectivity index (χ2n) is 4.24. The Hall–Kier alpha value is -0.890. The maximum Gasteiger partial charge on any atom is 0.0635 e. The molecule has 0 aromatic heterocycles. The van der Waals surface area contributed by atoms with Gasteiger partial charge in [-0.3, -0.25) is 4.90 Å². The monoisotopic (exact) mass is 295 g/mol. The molecule has 2 atom stereocenters. The minimum atomic E-state index is 0.0277. The summed E-state index contributed by atoms with van der Waals surface area (Å²) in [6.45, 7) is 2.73. The van der Waals surface area contributed by atoms with E-state index in [9.17, 15) is 0 Å². The van der Waals surface area contributed by atoms with Crippen LogP contribution in [0, 0.1) is 11.3 Å². The van der Waals surface area contributed by atoms with Crippen LogP contribution in [0.25, 0.3) is 0 Å². The molecule has 1 aromatic rings. The van der Waals surface area contributed by atoms with Crippen LogP contribution in [0.4, 0.5) is 0 Å². The van der Waals surface area contributed by atoms with Gasteiger partial charge in [0.25, 0.3) is 0 Å². The number of rotatable bonds is 5. The molecule has 0 aliphatic carbocycles. The summed E-state index contributed by atoms with van der Waals surface area (Å²) < 4.78 is 1.06. The minimum absolute atomic E-state index is 0.0277. The lowest BCUT2D eigenvalue weighted by molar-refractivity contribution is 0.223. The second-order valence-corrected chi connectivity index (χ2v) is 5.16. The van der Waals surface area contributed by atoms with Gasteiger partial charge in [-0.15, -0.1) is 0 Å². The third-order valence-electron chi connectivity index (χ3n) is 2.76. The Morgan fingerprint density at radius 3 is 2.47 bits per heavy atom. The summed E-state index contributed by atoms with van der Waals surface area (Å²) in [6.07, 6.45) is 0.524. The van der Waals surface area contributed by atoms with Crippen LogP contribution >= 0.6 is 15.9 Å². The van der Waals surface area contributed by atoms with E-state index in [0.29, 0.717) is 6.42 Å². The molecule has 1 rings (SSSR count). The molecule has 2 unspecified atom stereocenters. The first-order chi connectivity index (χ1) is 8.06. The molecule has 0 spiro atoms. The molecule has 0 fully saturated rings. The van der Waals surface area contributed by atoms with Crippen LogP contribution < -0.4 is 5.73 Å². The van der Waals surface area contributed by atoms with Crippen LogP contribution in [0.5, 0.6) is 0 Å². The predicted molar refractivity (Wildman–Crippen MR) is 73.4 cm³/mol. The van der Waals surface area contributed by atoms with Crippen molar-refractivity contribution in [2.24, 2.45) is 5.73 Å². The Balaban J connectivity index is 2.85. The molecular weight excluding hydrogens is 278 g/mol. The van der Waals surface area contributed by atoms with E-state index >= 15 is 0 Å². The molecule has 0 bridgehead atoms. The average molecular weight is 296 g/mol. The molecule has 4 heteroatoms. The molecular formula is C13H18BrN3. The van der Waals surface area contributed by atoms with E-state index in [0.717, 1.165) is 11.0 Å². The van der Waals surface area contributed by atoms with E-state index in [1.165, 1.54) is 5.56 Å². The third kappa shape index (κ3) is 4.12. The molecule has 1 aromatic carbocycles. The first kappa shape index (κ1) is 14.2. The van der Waals surface area contributed by atoms with Gasteiger partial charge in [-0.1, -0.05) is 28.1 Å². The fourth-order valence-electron chi connectivity index (χ4n) is 1.98. The second kappa shape index (κ2) is 6.75. The van der Waals surface area contributed by atoms with E-state index in [4.69, 9.17) is 11.0 Å². The molecule has 0 amide bonds. The van der Waals surface area contributed by atoms with Gasteiger partial charge in [-0.05, 0) is 31.7 Å². The lowest BCUT2D eigenvalue weighted by Crippen LogP contribution is -2.37. The van der Waals surface area contributed by atoms with Crippen LogP contribution in [0.15, 0.2) is 28.7 Å². The number of nitrogens with two attached hydrogens (primary N) is 1. The Morgan fingerprint density at radius 2 is 2.00 bits per heavy atom. The van der Waals surface area contributed by atoms with Gasteiger partial charge in [0.2, 0.25) is 0 Å². The first-order valence-corrected chi connectivity index (χ1v) is 6.43. The van der Waals surface area contributed by atoms with Crippen molar-refractivity contribution in [3.8, 4) is 6.07 Å². The third-order valence-corrected chi connectivity index (χ3v) is 3.29.